The van der Waals surface area contributed by atoms with Crippen LogP contribution in [0.3, 0.4) is 0 Å². The molecule has 0 radical (unpaired) electrons. The number of carbonyl (C=O) groups excluding carboxylic acids is 3. The molecule has 2 atom stereocenters. The number of benzene rings is 1. The fraction of sp³-hybridized carbons (Fsp3) is 0.520. The molecular weight excluding hydrogens is 452 g/mol. The van der Waals surface area contributed by atoms with E-state index in [0.29, 0.717) is 36.1 Å². The number of rotatable bonds is 3. The molecule has 4 rings (SSSR count). The van der Waals surface area contributed by atoms with E-state index < -0.39 is 17.6 Å². The molecule has 2 aromatic rings. The van der Waals surface area contributed by atoms with E-state index >= 15 is 0 Å². The van der Waals surface area contributed by atoms with Gasteiger partial charge in [0.05, 0.1) is 29.2 Å². The van der Waals surface area contributed by atoms with Gasteiger partial charge < -0.3 is 14.4 Å². The van der Waals surface area contributed by atoms with E-state index in [1.807, 2.05) is 26.8 Å². The first-order chi connectivity index (χ1) is 16.5. The Bertz CT molecular complexity index is 1290. The summed E-state index contributed by atoms with van der Waals surface area (Å²) < 4.78 is 14.2. The fourth-order valence-electron chi connectivity index (χ4n) is 4.42. The van der Waals surface area contributed by atoms with Gasteiger partial charge in [0.1, 0.15) is 18.2 Å². The molecule has 2 aliphatic heterocycles. The number of ether oxygens (including phenoxy) is 2. The van der Waals surface area contributed by atoms with E-state index in [-0.39, 0.29) is 43.2 Å². The molecule has 0 saturated carbocycles. The van der Waals surface area contributed by atoms with Crippen molar-refractivity contribution >= 4 is 28.9 Å². The Morgan fingerprint density at radius 1 is 1.20 bits per heavy atom. The smallest absolute Gasteiger partial charge is 0.410 e. The summed E-state index contributed by atoms with van der Waals surface area (Å²) in [6, 6.07) is 4.62. The number of imide groups is 1. The van der Waals surface area contributed by atoms with Gasteiger partial charge in [-0.3, -0.25) is 24.0 Å². The summed E-state index contributed by atoms with van der Waals surface area (Å²) in [4.78, 5) is 50.7. The highest BCUT2D eigenvalue weighted by molar-refractivity contribution is 6.00. The Morgan fingerprint density at radius 2 is 1.97 bits per heavy atom. The molecule has 10 heteroatoms. The summed E-state index contributed by atoms with van der Waals surface area (Å²) >= 11 is 0. The van der Waals surface area contributed by atoms with Gasteiger partial charge in [-0.25, -0.2) is 9.59 Å². The van der Waals surface area contributed by atoms with Gasteiger partial charge in [-0.1, -0.05) is 17.9 Å². The number of imidazole rings is 1. The highest BCUT2D eigenvalue weighted by Crippen LogP contribution is 2.24. The van der Waals surface area contributed by atoms with Crippen LogP contribution in [-0.4, -0.2) is 63.3 Å². The van der Waals surface area contributed by atoms with Gasteiger partial charge in [0.15, 0.2) is 0 Å². The minimum absolute atomic E-state index is 0.120. The third kappa shape index (κ3) is 5.25. The number of piperidine rings is 1. The van der Waals surface area contributed by atoms with Crippen molar-refractivity contribution < 1.29 is 23.9 Å². The second-order valence-corrected chi connectivity index (χ2v) is 9.80. The Morgan fingerprint density at radius 3 is 2.69 bits per heavy atom. The van der Waals surface area contributed by atoms with Crippen LogP contribution in [0.25, 0.3) is 11.0 Å². The van der Waals surface area contributed by atoms with E-state index in [0.717, 1.165) is 0 Å². The van der Waals surface area contributed by atoms with Crippen molar-refractivity contribution in [2.75, 3.05) is 19.7 Å². The zero-order valence-corrected chi connectivity index (χ0v) is 20.4. The number of para-hydroxylation sites is 1. The molecule has 2 saturated heterocycles. The third-order valence-corrected chi connectivity index (χ3v) is 6.04. The maximum atomic E-state index is 13.0. The second kappa shape index (κ2) is 9.58. The first-order valence-electron chi connectivity index (χ1n) is 11.7. The molecule has 1 N–H and O–H groups in total. The molecule has 3 amide bonds. The molecule has 0 bridgehead atoms. The van der Waals surface area contributed by atoms with Gasteiger partial charge >= 0.3 is 11.8 Å². The highest BCUT2D eigenvalue weighted by Gasteiger charge is 2.32. The minimum Gasteiger partial charge on any atom is -0.444 e. The fourth-order valence-corrected chi connectivity index (χ4v) is 4.42. The van der Waals surface area contributed by atoms with Crippen LogP contribution in [0.2, 0.25) is 0 Å². The van der Waals surface area contributed by atoms with E-state index in [2.05, 4.69) is 17.2 Å². The molecule has 10 nitrogen and oxygen atoms in total. The Hall–Kier alpha value is -3.58. The normalized spacial score (nSPS) is 20.5. The van der Waals surface area contributed by atoms with Gasteiger partial charge in [-0.05, 0) is 45.7 Å². The number of nitrogens with one attached hydrogen (secondary N) is 1. The quantitative estimate of drug-likeness (QED) is 0.527. The number of amides is 3. The molecule has 186 valence electrons. The number of likely N-dealkylation sites (tertiary alicyclic amines) is 1. The molecular formula is C25H30N4O6. The number of fused-ring (bicyclic) bond motifs is 1. The first-order valence-corrected chi connectivity index (χ1v) is 11.7. The van der Waals surface area contributed by atoms with Crippen molar-refractivity contribution in [3.05, 3.63) is 34.2 Å². The van der Waals surface area contributed by atoms with Crippen LogP contribution < -0.4 is 11.0 Å². The average Bonchev–Trinajstić information content (AvgIpc) is 3.35. The van der Waals surface area contributed by atoms with Crippen LogP contribution in [0.4, 0.5) is 4.79 Å². The van der Waals surface area contributed by atoms with Crippen molar-refractivity contribution in [1.29, 1.82) is 0 Å². The predicted molar refractivity (Wildman–Crippen MR) is 128 cm³/mol. The van der Waals surface area contributed by atoms with Crippen LogP contribution >= 0.6 is 0 Å². The summed E-state index contributed by atoms with van der Waals surface area (Å²) in [5, 5.41) is 2.31. The molecule has 1 aromatic heterocycles. The van der Waals surface area contributed by atoms with Gasteiger partial charge in [0.2, 0.25) is 11.8 Å². The highest BCUT2D eigenvalue weighted by atomic mass is 16.6. The number of aryl methyl sites for hydroxylation is 1. The maximum Gasteiger partial charge on any atom is 0.410 e. The predicted octanol–water partition coefficient (Wildman–Crippen LogP) is 1.70. The monoisotopic (exact) mass is 482 g/mol. The summed E-state index contributed by atoms with van der Waals surface area (Å²) in [6.45, 7) is 6.70. The number of hydrogen-bond donors (Lipinski definition) is 1. The van der Waals surface area contributed by atoms with Gasteiger partial charge in [-0.2, -0.15) is 0 Å². The van der Waals surface area contributed by atoms with Gasteiger partial charge in [0.25, 0.3) is 0 Å². The summed E-state index contributed by atoms with van der Waals surface area (Å²) in [5.74, 6) is 5.26. The lowest BCUT2D eigenvalue weighted by atomic mass is 10.1. The van der Waals surface area contributed by atoms with Crippen molar-refractivity contribution in [1.82, 2.24) is 19.4 Å². The van der Waals surface area contributed by atoms with Crippen LogP contribution in [-0.2, 0) is 26.1 Å². The summed E-state index contributed by atoms with van der Waals surface area (Å²) in [7, 11) is 1.64. The molecule has 3 heterocycles. The van der Waals surface area contributed by atoms with Crippen molar-refractivity contribution in [2.24, 2.45) is 7.05 Å². The van der Waals surface area contributed by atoms with Crippen LogP contribution in [0.15, 0.2) is 23.0 Å². The number of carbonyl (C=O) groups is 3. The molecule has 0 spiro atoms. The molecule has 2 aliphatic rings. The van der Waals surface area contributed by atoms with E-state index in [4.69, 9.17) is 9.47 Å². The van der Waals surface area contributed by atoms with Gasteiger partial charge in [0, 0.05) is 20.0 Å². The SMILES string of the molecule is Cn1c(=O)n(C2CCC(=O)NC2=O)c2cccc(C#CCO[C@H]3CCN(C(=O)OC(C)(C)C)C3)c21. The summed E-state index contributed by atoms with van der Waals surface area (Å²) in [5.41, 5.74) is 0.960. The lowest BCUT2D eigenvalue weighted by Crippen LogP contribution is -2.44. The Labute approximate surface area is 203 Å². The topological polar surface area (TPSA) is 112 Å². The average molecular weight is 483 g/mol. The second-order valence-electron chi connectivity index (χ2n) is 9.80. The first kappa shape index (κ1) is 24.5. The van der Waals surface area contributed by atoms with E-state index in [9.17, 15) is 19.2 Å². The van der Waals surface area contributed by atoms with Crippen molar-refractivity contribution in [2.45, 2.75) is 57.8 Å². The largest absolute Gasteiger partial charge is 0.444 e. The Balaban J connectivity index is 1.46. The van der Waals surface area contributed by atoms with Crippen LogP contribution in [0.5, 0.6) is 0 Å². The Kier molecular flexibility index (Phi) is 6.72. The molecule has 0 aliphatic carbocycles. The number of hydrogen-bond acceptors (Lipinski definition) is 6. The maximum absolute atomic E-state index is 13.0. The zero-order chi connectivity index (χ0) is 25.3. The van der Waals surface area contributed by atoms with Crippen LogP contribution in [0, 0.1) is 11.8 Å². The standard InChI is InChI=1S/C25H30N4O6/c1-25(2,3)35-24(33)28-13-12-17(15-28)34-14-6-8-16-7-5-9-18-21(16)27(4)23(32)29(18)19-10-11-20(30)26-22(19)31/h5,7,9,17,19H,10-15H2,1-4H3,(H,26,30,31)/t17-,19?/m0/s1. The van der Waals surface area contributed by atoms with E-state index in [1.165, 1.54) is 9.13 Å². The van der Waals surface area contributed by atoms with Gasteiger partial charge in [-0.15, -0.1) is 0 Å². The molecule has 35 heavy (non-hydrogen) atoms. The summed E-state index contributed by atoms with van der Waals surface area (Å²) in [6.07, 6.45) is 0.700. The van der Waals surface area contributed by atoms with Crippen molar-refractivity contribution in [3.8, 4) is 11.8 Å². The minimum atomic E-state index is -0.745. The molecule has 1 aromatic carbocycles. The molecule has 2 fully saturated rings. The lowest BCUT2D eigenvalue weighted by molar-refractivity contribution is -0.135. The molecule has 1 unspecified atom stereocenters. The van der Waals surface area contributed by atoms with E-state index in [1.54, 1.807) is 24.1 Å². The third-order valence-electron chi connectivity index (χ3n) is 6.04. The lowest BCUT2D eigenvalue weighted by Gasteiger charge is -2.24. The number of aromatic nitrogens is 2. The van der Waals surface area contributed by atoms with Crippen molar-refractivity contribution in [3.63, 3.8) is 0 Å². The number of nitrogens with zero attached hydrogens (tertiary/aromatic N) is 3. The van der Waals surface area contributed by atoms with Crippen LogP contribution in [0.1, 0.15) is 51.6 Å². The zero-order valence-electron chi connectivity index (χ0n) is 20.4.